The Morgan fingerprint density at radius 3 is 2.76 bits per heavy atom. The maximum Gasteiger partial charge on any atom is 0.279 e. The van der Waals surface area contributed by atoms with Gasteiger partial charge in [-0.1, -0.05) is 23.9 Å². The van der Waals surface area contributed by atoms with Gasteiger partial charge in [0, 0.05) is 10.8 Å². The van der Waals surface area contributed by atoms with Gasteiger partial charge in [-0.2, -0.15) is 4.99 Å². The Bertz CT molecular complexity index is 1150. The smallest absolute Gasteiger partial charge is 0.279 e. The van der Waals surface area contributed by atoms with E-state index in [1.54, 1.807) is 41.3 Å². The Morgan fingerprint density at radius 2 is 1.93 bits per heavy atom. The fourth-order valence-corrected chi connectivity index (χ4v) is 7.58. The second-order valence-corrected chi connectivity index (χ2v) is 10.2. The molecule has 1 amide bonds. The van der Waals surface area contributed by atoms with Crippen molar-refractivity contribution in [3.8, 4) is 11.5 Å². The standard InChI is InChI=1S/C19H15FN2O5S2/c20-12-3-1-2-4-13(12)22-14-8-29(24,25)9-17(14)28-19(22)21-18(23)11-5-6-15-16(7-11)27-10-26-15/h1-7,14,17H,8-10H2/t14-,17-/m1/s1. The van der Waals surface area contributed by atoms with Crippen molar-refractivity contribution in [2.75, 3.05) is 23.2 Å². The highest BCUT2D eigenvalue weighted by atomic mass is 32.2. The summed E-state index contributed by atoms with van der Waals surface area (Å²) in [4.78, 5) is 18.5. The third-order valence-electron chi connectivity index (χ3n) is 5.00. The van der Waals surface area contributed by atoms with E-state index in [1.807, 2.05) is 0 Å². The lowest BCUT2D eigenvalue weighted by Gasteiger charge is -2.24. The number of fused-ring (bicyclic) bond motifs is 2. The van der Waals surface area contributed by atoms with Crippen LogP contribution in [-0.2, 0) is 9.84 Å². The summed E-state index contributed by atoms with van der Waals surface area (Å²) in [6.07, 6.45) is 0. The summed E-state index contributed by atoms with van der Waals surface area (Å²) in [6, 6.07) is 10.4. The van der Waals surface area contributed by atoms with Gasteiger partial charge in [-0.3, -0.25) is 4.79 Å². The van der Waals surface area contributed by atoms with Crippen molar-refractivity contribution in [1.82, 2.24) is 0 Å². The summed E-state index contributed by atoms with van der Waals surface area (Å²) < 4.78 is 49.2. The molecule has 0 unspecified atom stereocenters. The molecule has 0 bridgehead atoms. The van der Waals surface area contributed by atoms with E-state index in [1.165, 1.54) is 17.8 Å². The van der Waals surface area contributed by atoms with Gasteiger partial charge in [-0.25, -0.2) is 12.8 Å². The zero-order valence-corrected chi connectivity index (χ0v) is 16.6. The molecule has 0 radical (unpaired) electrons. The van der Waals surface area contributed by atoms with Crippen LogP contribution < -0.4 is 14.4 Å². The molecular formula is C19H15FN2O5S2. The molecule has 150 valence electrons. The molecule has 10 heteroatoms. The Hall–Kier alpha value is -2.59. The molecule has 2 aromatic carbocycles. The van der Waals surface area contributed by atoms with Crippen molar-refractivity contribution in [2.45, 2.75) is 11.3 Å². The summed E-state index contributed by atoms with van der Waals surface area (Å²) in [7, 11) is -3.23. The third kappa shape index (κ3) is 3.25. The zero-order chi connectivity index (χ0) is 20.2. The molecule has 2 saturated heterocycles. The largest absolute Gasteiger partial charge is 0.454 e. The summed E-state index contributed by atoms with van der Waals surface area (Å²) in [5.74, 6) is -0.127. The van der Waals surface area contributed by atoms with E-state index in [2.05, 4.69) is 4.99 Å². The number of halogens is 1. The number of carbonyl (C=O) groups is 1. The zero-order valence-electron chi connectivity index (χ0n) is 14.9. The molecule has 2 aromatic rings. The molecule has 3 heterocycles. The van der Waals surface area contributed by atoms with Crippen LogP contribution in [0.15, 0.2) is 47.5 Å². The van der Waals surface area contributed by atoms with Crippen LogP contribution in [0.4, 0.5) is 10.1 Å². The highest BCUT2D eigenvalue weighted by Gasteiger charge is 2.50. The number of hydrogen-bond acceptors (Lipinski definition) is 6. The van der Waals surface area contributed by atoms with Crippen molar-refractivity contribution in [3.63, 3.8) is 0 Å². The number of anilines is 1. The molecule has 0 spiro atoms. The first-order chi connectivity index (χ1) is 13.9. The molecule has 0 aromatic heterocycles. The van der Waals surface area contributed by atoms with Crippen LogP contribution in [0.3, 0.4) is 0 Å². The van der Waals surface area contributed by atoms with Crippen LogP contribution in [-0.4, -0.2) is 49.1 Å². The first kappa shape index (κ1) is 18.4. The fourth-order valence-electron chi connectivity index (χ4n) is 3.67. The quantitative estimate of drug-likeness (QED) is 0.718. The molecule has 0 aliphatic carbocycles. The summed E-state index contributed by atoms with van der Waals surface area (Å²) >= 11 is 1.20. The van der Waals surface area contributed by atoms with E-state index in [9.17, 15) is 17.6 Å². The molecule has 0 saturated carbocycles. The van der Waals surface area contributed by atoms with Crippen LogP contribution >= 0.6 is 11.8 Å². The predicted octanol–water partition coefficient (Wildman–Crippen LogP) is 2.47. The second kappa shape index (κ2) is 6.74. The molecule has 3 aliphatic rings. The van der Waals surface area contributed by atoms with Crippen LogP contribution in [0.25, 0.3) is 0 Å². The van der Waals surface area contributed by atoms with Crippen molar-refractivity contribution in [2.24, 2.45) is 4.99 Å². The molecule has 7 nitrogen and oxygen atoms in total. The number of sulfone groups is 1. The van der Waals surface area contributed by atoms with E-state index in [-0.39, 0.29) is 29.2 Å². The van der Waals surface area contributed by atoms with Crippen molar-refractivity contribution >= 4 is 38.4 Å². The number of para-hydroxylation sites is 1. The number of thioether (sulfide) groups is 1. The maximum atomic E-state index is 14.5. The van der Waals surface area contributed by atoms with Crippen LogP contribution in [0.1, 0.15) is 10.4 Å². The average Bonchev–Trinajstić information content (AvgIpc) is 3.34. The Balaban J connectivity index is 1.52. The van der Waals surface area contributed by atoms with Crippen molar-refractivity contribution in [1.29, 1.82) is 0 Å². The number of amidine groups is 1. The second-order valence-electron chi connectivity index (χ2n) is 6.89. The van der Waals surface area contributed by atoms with Gasteiger partial charge in [0.2, 0.25) is 6.79 Å². The first-order valence-corrected chi connectivity index (χ1v) is 11.5. The van der Waals surface area contributed by atoms with Gasteiger partial charge >= 0.3 is 0 Å². The third-order valence-corrected chi connectivity index (χ3v) is 8.21. The van der Waals surface area contributed by atoms with Gasteiger partial charge in [-0.15, -0.1) is 0 Å². The Labute approximate surface area is 170 Å². The number of benzene rings is 2. The van der Waals surface area contributed by atoms with Crippen molar-refractivity contribution in [3.05, 3.63) is 53.8 Å². The van der Waals surface area contributed by atoms with Gasteiger partial charge in [0.15, 0.2) is 26.5 Å². The Kier molecular flexibility index (Phi) is 4.28. The minimum Gasteiger partial charge on any atom is -0.454 e. The highest BCUT2D eigenvalue weighted by molar-refractivity contribution is 8.16. The molecule has 5 rings (SSSR count). The van der Waals surface area contributed by atoms with Gasteiger partial charge in [0.25, 0.3) is 5.91 Å². The van der Waals surface area contributed by atoms with Crippen LogP contribution in [0, 0.1) is 5.82 Å². The molecule has 0 N–H and O–H groups in total. The lowest BCUT2D eigenvalue weighted by molar-refractivity contribution is 0.100. The molecule has 2 atom stereocenters. The summed E-state index contributed by atoms with van der Waals surface area (Å²) in [6.45, 7) is 0.0935. The summed E-state index contributed by atoms with van der Waals surface area (Å²) in [5, 5.41) is -0.00873. The number of nitrogens with zero attached hydrogens (tertiary/aromatic N) is 2. The number of ether oxygens (including phenoxy) is 2. The van der Waals surface area contributed by atoms with E-state index < -0.39 is 27.6 Å². The number of rotatable bonds is 2. The highest BCUT2D eigenvalue weighted by Crippen LogP contribution is 2.42. The SMILES string of the molecule is O=C(N=C1S[C@@H]2CS(=O)(=O)C[C@H]2N1c1ccccc1F)c1ccc2c(c1)OCO2. The summed E-state index contributed by atoms with van der Waals surface area (Å²) in [5.41, 5.74) is 0.516. The van der Waals surface area contributed by atoms with Crippen LogP contribution in [0.5, 0.6) is 11.5 Å². The lowest BCUT2D eigenvalue weighted by Crippen LogP contribution is -2.38. The van der Waals surface area contributed by atoms with E-state index in [0.29, 0.717) is 22.2 Å². The molecular weight excluding hydrogens is 419 g/mol. The maximum absolute atomic E-state index is 14.5. The van der Waals surface area contributed by atoms with Gasteiger partial charge < -0.3 is 14.4 Å². The lowest BCUT2D eigenvalue weighted by atomic mass is 10.2. The molecule has 29 heavy (non-hydrogen) atoms. The average molecular weight is 434 g/mol. The topological polar surface area (TPSA) is 85.3 Å². The van der Waals surface area contributed by atoms with E-state index in [4.69, 9.17) is 9.47 Å². The fraction of sp³-hybridized carbons (Fsp3) is 0.263. The van der Waals surface area contributed by atoms with Gasteiger partial charge in [0.1, 0.15) is 5.82 Å². The minimum absolute atomic E-state index is 0.0233. The number of aliphatic imine (C=N–C) groups is 1. The van der Waals surface area contributed by atoms with E-state index >= 15 is 0 Å². The predicted molar refractivity (Wildman–Crippen MR) is 107 cm³/mol. The van der Waals surface area contributed by atoms with E-state index in [0.717, 1.165) is 0 Å². The van der Waals surface area contributed by atoms with Crippen LogP contribution in [0.2, 0.25) is 0 Å². The molecule has 3 aliphatic heterocycles. The first-order valence-electron chi connectivity index (χ1n) is 8.85. The number of carbonyl (C=O) groups excluding carboxylic acids is 1. The Morgan fingerprint density at radius 1 is 1.14 bits per heavy atom. The minimum atomic E-state index is -3.23. The number of amides is 1. The monoisotopic (exact) mass is 434 g/mol. The van der Waals surface area contributed by atoms with Gasteiger partial charge in [-0.05, 0) is 30.3 Å². The number of hydrogen-bond donors (Lipinski definition) is 0. The normalized spacial score (nSPS) is 25.4. The van der Waals surface area contributed by atoms with Gasteiger partial charge in [0.05, 0.1) is 23.2 Å². The van der Waals surface area contributed by atoms with Crippen molar-refractivity contribution < 1.29 is 27.1 Å². The molecule has 2 fully saturated rings.